The Balaban J connectivity index is 1.41. The topological polar surface area (TPSA) is 181 Å². The molecule has 1 aromatic carbocycles. The molecule has 0 bridgehead atoms. The van der Waals surface area contributed by atoms with Crippen molar-refractivity contribution in [3.8, 4) is 5.75 Å². The van der Waals surface area contributed by atoms with Gasteiger partial charge in [0.05, 0.1) is 31.5 Å². The molecule has 0 amide bonds. The van der Waals surface area contributed by atoms with Crippen molar-refractivity contribution in [1.82, 2.24) is 0 Å². The highest BCUT2D eigenvalue weighted by molar-refractivity contribution is 5.89. The lowest BCUT2D eigenvalue weighted by atomic mass is 9.83. The quantitative estimate of drug-likeness (QED) is 0.168. The van der Waals surface area contributed by atoms with E-state index >= 15 is 0 Å². The van der Waals surface area contributed by atoms with Crippen molar-refractivity contribution in [2.45, 2.75) is 43.4 Å². The van der Waals surface area contributed by atoms with Gasteiger partial charge in [-0.15, -0.1) is 0 Å². The number of aliphatic hydroxyl groups is 4. The maximum Gasteiger partial charge on any atom is 0.337 e. The van der Waals surface area contributed by atoms with Gasteiger partial charge >= 0.3 is 11.9 Å². The number of hydrogen-bond donors (Lipinski definition) is 5. The zero-order valence-corrected chi connectivity index (χ0v) is 20.5. The Morgan fingerprint density at radius 2 is 1.82 bits per heavy atom. The highest BCUT2D eigenvalue weighted by Gasteiger charge is 2.50. The van der Waals surface area contributed by atoms with E-state index in [1.54, 1.807) is 18.2 Å². The van der Waals surface area contributed by atoms with Crippen LogP contribution in [0, 0.1) is 11.8 Å². The molecule has 4 rings (SSSR count). The van der Waals surface area contributed by atoms with Crippen molar-refractivity contribution >= 4 is 18.0 Å². The number of hydrogen-bond acceptors (Lipinski definition) is 12. The number of aromatic hydroxyl groups is 1. The van der Waals surface area contributed by atoms with Crippen LogP contribution in [0.15, 0.2) is 53.8 Å². The molecular weight excluding hydrogens is 504 g/mol. The van der Waals surface area contributed by atoms with Crippen molar-refractivity contribution in [2.24, 2.45) is 11.8 Å². The monoisotopic (exact) mass is 534 g/mol. The first-order valence-electron chi connectivity index (χ1n) is 12.0. The molecule has 1 fully saturated rings. The Kier molecular flexibility index (Phi) is 8.82. The second-order valence-electron chi connectivity index (χ2n) is 9.08. The highest BCUT2D eigenvalue weighted by Crippen LogP contribution is 2.44. The van der Waals surface area contributed by atoms with E-state index in [1.807, 2.05) is 0 Å². The number of carbonyl (C=O) groups is 2. The smallest absolute Gasteiger partial charge is 0.337 e. The van der Waals surface area contributed by atoms with Crippen LogP contribution in [0.2, 0.25) is 0 Å². The second-order valence-corrected chi connectivity index (χ2v) is 9.08. The second kappa shape index (κ2) is 12.1. The number of methoxy groups -OCH3 is 1. The molecule has 2 heterocycles. The van der Waals surface area contributed by atoms with Crippen LogP contribution in [0.4, 0.5) is 0 Å². The van der Waals surface area contributed by atoms with Crippen LogP contribution in [-0.4, -0.2) is 94.8 Å². The molecule has 0 aromatic heterocycles. The van der Waals surface area contributed by atoms with Gasteiger partial charge in [-0.1, -0.05) is 18.2 Å². The average Bonchev–Trinajstić information content (AvgIpc) is 3.36. The van der Waals surface area contributed by atoms with E-state index in [0.29, 0.717) is 17.6 Å². The number of allylic oxidation sites excluding steroid dienone is 1. The third-order valence-electron chi connectivity index (χ3n) is 6.75. The normalized spacial score (nSPS) is 32.7. The van der Waals surface area contributed by atoms with Gasteiger partial charge in [0.2, 0.25) is 6.29 Å². The molecule has 8 atom stereocenters. The van der Waals surface area contributed by atoms with E-state index in [-0.39, 0.29) is 17.9 Å². The highest BCUT2D eigenvalue weighted by atomic mass is 16.8. The van der Waals surface area contributed by atoms with E-state index < -0.39 is 67.4 Å². The van der Waals surface area contributed by atoms with Crippen molar-refractivity contribution in [3.05, 3.63) is 59.4 Å². The fraction of sp³-hybridized carbons (Fsp3) is 0.462. The van der Waals surface area contributed by atoms with Crippen molar-refractivity contribution < 1.29 is 58.8 Å². The molecule has 12 heteroatoms. The van der Waals surface area contributed by atoms with Crippen molar-refractivity contribution in [3.63, 3.8) is 0 Å². The molecule has 1 saturated heterocycles. The predicted octanol–water partition coefficient (Wildman–Crippen LogP) is -0.259. The summed E-state index contributed by atoms with van der Waals surface area (Å²) in [5, 5.41) is 50.4. The Morgan fingerprint density at radius 3 is 2.50 bits per heavy atom. The molecular formula is C26H30O12. The SMILES string of the molecule is COC(=O)C1=CO[C@@H](O[C@H]2O[C@H](COC(=O)C=Cc3ccc(O)cc3)[C@@H](O)[C@H](O)[C@H]2O)[C@@H]2C(CO)=CC[C@@H]12. The minimum absolute atomic E-state index is 0.0799. The summed E-state index contributed by atoms with van der Waals surface area (Å²) >= 11 is 0. The van der Waals surface area contributed by atoms with Crippen LogP contribution in [0.5, 0.6) is 5.75 Å². The van der Waals surface area contributed by atoms with Gasteiger partial charge in [0.1, 0.15) is 36.8 Å². The van der Waals surface area contributed by atoms with Crippen LogP contribution in [0.1, 0.15) is 12.0 Å². The number of ether oxygens (including phenoxy) is 5. The Labute approximate surface area is 218 Å². The number of rotatable bonds is 8. The maximum atomic E-state index is 12.2. The van der Waals surface area contributed by atoms with E-state index in [2.05, 4.69) is 0 Å². The third kappa shape index (κ3) is 5.90. The molecule has 2 aliphatic heterocycles. The number of carbonyl (C=O) groups excluding carboxylic acids is 2. The lowest BCUT2D eigenvalue weighted by Gasteiger charge is -2.43. The lowest BCUT2D eigenvalue weighted by molar-refractivity contribution is -0.339. The molecule has 1 aromatic rings. The van der Waals surface area contributed by atoms with Crippen LogP contribution in [0.25, 0.3) is 6.08 Å². The summed E-state index contributed by atoms with van der Waals surface area (Å²) in [6, 6.07) is 6.10. The summed E-state index contributed by atoms with van der Waals surface area (Å²) in [5.74, 6) is -2.26. The number of benzene rings is 1. The van der Waals surface area contributed by atoms with Crippen LogP contribution in [-0.2, 0) is 33.3 Å². The molecule has 12 nitrogen and oxygen atoms in total. The Hall–Kier alpha value is -3.26. The Bertz CT molecular complexity index is 1090. The lowest BCUT2D eigenvalue weighted by Crippen LogP contribution is -2.60. The van der Waals surface area contributed by atoms with Crippen molar-refractivity contribution in [1.29, 1.82) is 0 Å². The third-order valence-corrected chi connectivity index (χ3v) is 6.75. The summed E-state index contributed by atoms with van der Waals surface area (Å²) in [5.41, 5.74) is 1.47. The molecule has 0 saturated carbocycles. The van der Waals surface area contributed by atoms with E-state index in [0.717, 1.165) is 6.08 Å². The largest absolute Gasteiger partial charge is 0.508 e. The number of phenols is 1. The Morgan fingerprint density at radius 1 is 1.08 bits per heavy atom. The first-order chi connectivity index (χ1) is 18.2. The van der Waals surface area contributed by atoms with Gasteiger partial charge < -0.3 is 49.2 Å². The summed E-state index contributed by atoms with van der Waals surface area (Å²) in [7, 11) is 1.24. The number of esters is 2. The van der Waals surface area contributed by atoms with E-state index in [9.17, 15) is 35.1 Å². The zero-order chi connectivity index (χ0) is 27.4. The standard InChI is InChI=1S/C26H30O12/c1-34-24(33)17-11-36-25(20-14(10-27)5-8-16(17)20)38-26-23(32)22(31)21(30)18(37-26)12-35-19(29)9-4-13-2-6-15(28)7-3-13/h2-7,9,11,16,18,20-23,25-28,30-32H,8,10,12H2,1H3/t16-,18+,20+,21+,22-,23+,25-,26+/m0/s1. The molecule has 38 heavy (non-hydrogen) atoms. The number of aliphatic hydroxyl groups excluding tert-OH is 4. The van der Waals surface area contributed by atoms with Crippen molar-refractivity contribution in [2.75, 3.05) is 20.3 Å². The molecule has 5 N–H and O–H groups in total. The van der Waals surface area contributed by atoms with Gasteiger partial charge in [0, 0.05) is 12.0 Å². The summed E-state index contributed by atoms with van der Waals surface area (Å²) < 4.78 is 27.0. The fourth-order valence-corrected chi connectivity index (χ4v) is 4.68. The minimum Gasteiger partial charge on any atom is -0.508 e. The summed E-state index contributed by atoms with van der Waals surface area (Å²) in [6.07, 6.45) is -2.81. The molecule has 3 aliphatic rings. The van der Waals surface area contributed by atoms with E-state index in [1.165, 1.54) is 31.6 Å². The molecule has 0 radical (unpaired) electrons. The van der Waals surface area contributed by atoms with Gasteiger partial charge in [-0.2, -0.15) is 0 Å². The zero-order valence-electron chi connectivity index (χ0n) is 20.5. The number of phenolic OH excluding ortho intramolecular Hbond substituents is 1. The van der Waals surface area contributed by atoms with Gasteiger partial charge in [0.25, 0.3) is 0 Å². The van der Waals surface area contributed by atoms with Gasteiger partial charge in [-0.25, -0.2) is 9.59 Å². The van der Waals surface area contributed by atoms with Crippen LogP contribution >= 0.6 is 0 Å². The molecule has 0 spiro atoms. The first kappa shape index (κ1) is 27.8. The van der Waals surface area contributed by atoms with Crippen LogP contribution in [0.3, 0.4) is 0 Å². The summed E-state index contributed by atoms with van der Waals surface area (Å²) in [4.78, 5) is 24.3. The number of fused-ring (bicyclic) bond motifs is 1. The van der Waals surface area contributed by atoms with E-state index in [4.69, 9.17) is 23.7 Å². The molecule has 1 aliphatic carbocycles. The van der Waals surface area contributed by atoms with Crippen LogP contribution < -0.4 is 0 Å². The fourth-order valence-electron chi connectivity index (χ4n) is 4.68. The average molecular weight is 535 g/mol. The van der Waals surface area contributed by atoms with Gasteiger partial charge in [0.15, 0.2) is 6.29 Å². The molecule has 0 unspecified atom stereocenters. The maximum absolute atomic E-state index is 12.2. The first-order valence-corrected chi connectivity index (χ1v) is 12.0. The summed E-state index contributed by atoms with van der Waals surface area (Å²) in [6.45, 7) is -0.778. The van der Waals surface area contributed by atoms with Gasteiger partial charge in [-0.05, 0) is 35.8 Å². The minimum atomic E-state index is -1.69. The van der Waals surface area contributed by atoms with Gasteiger partial charge in [-0.3, -0.25) is 0 Å². The molecule has 206 valence electrons. The predicted molar refractivity (Wildman–Crippen MR) is 128 cm³/mol.